The van der Waals surface area contributed by atoms with Crippen LogP contribution in [0.1, 0.15) is 36.3 Å². The Kier molecular flexibility index (Phi) is 3.25. The van der Waals surface area contributed by atoms with E-state index in [1.165, 1.54) is 6.42 Å². The van der Waals surface area contributed by atoms with E-state index in [9.17, 15) is 10.1 Å². The third kappa shape index (κ3) is 2.00. The molecule has 2 saturated carbocycles. The third-order valence-corrected chi connectivity index (χ3v) is 4.91. The van der Waals surface area contributed by atoms with Gasteiger partial charge in [-0.1, -0.05) is 18.6 Å². The maximum atomic E-state index is 12.6. The van der Waals surface area contributed by atoms with Crippen LogP contribution in [0.25, 0.3) is 0 Å². The molecule has 3 atom stereocenters. The normalized spacial score (nSPS) is 28.4. The first-order chi connectivity index (χ1) is 9.67. The molecule has 0 spiro atoms. The summed E-state index contributed by atoms with van der Waals surface area (Å²) >= 11 is 0. The lowest BCUT2D eigenvalue weighted by Gasteiger charge is -2.12. The Labute approximate surface area is 119 Å². The van der Waals surface area contributed by atoms with Crippen LogP contribution >= 0.6 is 0 Å². The van der Waals surface area contributed by atoms with E-state index >= 15 is 0 Å². The number of carbonyl (C=O) groups excluding carboxylic acids is 1. The van der Waals surface area contributed by atoms with Crippen molar-refractivity contribution in [1.82, 2.24) is 0 Å². The molecule has 20 heavy (non-hydrogen) atoms. The summed E-state index contributed by atoms with van der Waals surface area (Å²) in [4.78, 5) is 12.6. The van der Waals surface area contributed by atoms with Gasteiger partial charge in [-0.3, -0.25) is 4.79 Å². The fraction of sp³-hybridized carbons (Fsp3) is 0.529. The number of aryl methyl sites for hydroxylation is 1. The molecule has 2 aliphatic carbocycles. The van der Waals surface area contributed by atoms with Crippen LogP contribution in [-0.2, 0) is 4.79 Å². The van der Waals surface area contributed by atoms with Gasteiger partial charge < -0.3 is 4.74 Å². The second kappa shape index (κ2) is 4.94. The van der Waals surface area contributed by atoms with E-state index in [1.807, 2.05) is 25.1 Å². The van der Waals surface area contributed by atoms with Gasteiger partial charge in [-0.2, -0.15) is 5.26 Å². The van der Waals surface area contributed by atoms with Crippen molar-refractivity contribution in [3.8, 4) is 11.8 Å². The predicted octanol–water partition coefficient (Wildman–Crippen LogP) is 3.23. The van der Waals surface area contributed by atoms with Gasteiger partial charge >= 0.3 is 0 Å². The molecule has 3 unspecified atom stereocenters. The lowest BCUT2D eigenvalue weighted by atomic mass is 9.90. The SMILES string of the molecule is COc1cc(C(C#N)C(=O)C2C3CCCC32)ccc1C. The number of hydrogen-bond donors (Lipinski definition) is 0. The molecule has 2 aliphatic rings. The van der Waals surface area contributed by atoms with Crippen LogP contribution < -0.4 is 4.74 Å². The van der Waals surface area contributed by atoms with Gasteiger partial charge in [0.05, 0.1) is 13.2 Å². The highest BCUT2D eigenvalue weighted by atomic mass is 16.5. The summed E-state index contributed by atoms with van der Waals surface area (Å²) in [6.07, 6.45) is 3.57. The van der Waals surface area contributed by atoms with Crippen molar-refractivity contribution in [2.24, 2.45) is 17.8 Å². The standard InChI is InChI=1S/C17H19NO2/c1-10-6-7-11(8-15(10)20-2)14(9-18)17(19)16-12-4-3-5-13(12)16/h6-8,12-14,16H,3-5H2,1-2H3. The van der Waals surface area contributed by atoms with Gasteiger partial charge in [0.25, 0.3) is 0 Å². The summed E-state index contributed by atoms with van der Waals surface area (Å²) in [6.45, 7) is 1.96. The van der Waals surface area contributed by atoms with Crippen molar-refractivity contribution in [2.45, 2.75) is 32.1 Å². The van der Waals surface area contributed by atoms with Crippen LogP contribution in [-0.4, -0.2) is 12.9 Å². The number of ether oxygens (including phenoxy) is 1. The topological polar surface area (TPSA) is 50.1 Å². The van der Waals surface area contributed by atoms with Crippen molar-refractivity contribution < 1.29 is 9.53 Å². The minimum absolute atomic E-state index is 0.119. The van der Waals surface area contributed by atoms with Crippen molar-refractivity contribution in [3.05, 3.63) is 29.3 Å². The van der Waals surface area contributed by atoms with Crippen LogP contribution in [0.4, 0.5) is 0 Å². The monoisotopic (exact) mass is 269 g/mol. The molecule has 2 fully saturated rings. The van der Waals surface area contributed by atoms with Gasteiger partial charge in [-0.25, -0.2) is 0 Å². The minimum atomic E-state index is -0.639. The smallest absolute Gasteiger partial charge is 0.158 e. The molecule has 1 aromatic rings. The Morgan fingerprint density at radius 2 is 2.10 bits per heavy atom. The van der Waals surface area contributed by atoms with Crippen LogP contribution in [0.15, 0.2) is 18.2 Å². The van der Waals surface area contributed by atoms with E-state index in [0.717, 1.165) is 29.7 Å². The van der Waals surface area contributed by atoms with Gasteiger partial charge in [0, 0.05) is 5.92 Å². The Morgan fingerprint density at radius 1 is 1.40 bits per heavy atom. The number of hydrogen-bond acceptors (Lipinski definition) is 3. The molecular weight excluding hydrogens is 250 g/mol. The lowest BCUT2D eigenvalue weighted by molar-refractivity contribution is -0.121. The van der Waals surface area contributed by atoms with Crippen LogP contribution in [0.2, 0.25) is 0 Å². The molecule has 0 saturated heterocycles. The number of ketones is 1. The number of nitriles is 1. The Hall–Kier alpha value is -1.82. The van der Waals surface area contributed by atoms with Crippen LogP contribution in [0.5, 0.6) is 5.75 Å². The average molecular weight is 269 g/mol. The maximum absolute atomic E-state index is 12.6. The fourth-order valence-electron chi connectivity index (χ4n) is 3.75. The predicted molar refractivity (Wildman–Crippen MR) is 75.4 cm³/mol. The van der Waals surface area contributed by atoms with E-state index in [1.54, 1.807) is 7.11 Å². The Bertz CT molecular complexity index is 577. The molecule has 104 valence electrons. The second-order valence-corrected chi connectivity index (χ2v) is 5.98. The van der Waals surface area contributed by atoms with Crippen molar-refractivity contribution in [3.63, 3.8) is 0 Å². The highest BCUT2D eigenvalue weighted by molar-refractivity contribution is 5.93. The summed E-state index contributed by atoms with van der Waals surface area (Å²) in [6, 6.07) is 7.82. The molecule has 0 heterocycles. The summed E-state index contributed by atoms with van der Waals surface area (Å²) in [5.41, 5.74) is 1.79. The van der Waals surface area contributed by atoms with Gasteiger partial charge in [0.1, 0.15) is 11.7 Å². The summed E-state index contributed by atoms with van der Waals surface area (Å²) < 4.78 is 5.29. The highest BCUT2D eigenvalue weighted by Gasteiger charge is 2.57. The first-order valence-corrected chi connectivity index (χ1v) is 7.25. The second-order valence-electron chi connectivity index (χ2n) is 5.98. The molecule has 3 nitrogen and oxygen atoms in total. The maximum Gasteiger partial charge on any atom is 0.158 e. The summed E-state index contributed by atoms with van der Waals surface area (Å²) in [5.74, 6) is 1.48. The number of benzene rings is 1. The van der Waals surface area contributed by atoms with Crippen molar-refractivity contribution in [1.29, 1.82) is 5.26 Å². The van der Waals surface area contributed by atoms with Crippen molar-refractivity contribution in [2.75, 3.05) is 7.11 Å². The zero-order valence-electron chi connectivity index (χ0n) is 11.9. The summed E-state index contributed by atoms with van der Waals surface area (Å²) in [5, 5.41) is 9.41. The van der Waals surface area contributed by atoms with Gasteiger partial charge in [-0.05, 0) is 48.8 Å². The third-order valence-electron chi connectivity index (χ3n) is 4.91. The highest BCUT2D eigenvalue weighted by Crippen LogP contribution is 2.59. The molecule has 3 heteroatoms. The zero-order valence-corrected chi connectivity index (χ0v) is 11.9. The molecule has 0 bridgehead atoms. The van der Waals surface area contributed by atoms with Gasteiger partial charge in [0.15, 0.2) is 5.78 Å². The molecule has 0 aliphatic heterocycles. The fourth-order valence-corrected chi connectivity index (χ4v) is 3.75. The number of rotatable bonds is 4. The number of nitrogens with zero attached hydrogens (tertiary/aromatic N) is 1. The largest absolute Gasteiger partial charge is 0.496 e. The summed E-state index contributed by atoms with van der Waals surface area (Å²) in [7, 11) is 1.61. The first kappa shape index (κ1) is 13.2. The quantitative estimate of drug-likeness (QED) is 0.843. The molecule has 0 amide bonds. The lowest BCUT2D eigenvalue weighted by Crippen LogP contribution is -2.15. The number of carbonyl (C=O) groups is 1. The van der Waals surface area contributed by atoms with E-state index < -0.39 is 5.92 Å². The first-order valence-electron chi connectivity index (χ1n) is 7.25. The van der Waals surface area contributed by atoms with Gasteiger partial charge in [0.2, 0.25) is 0 Å². The number of methoxy groups -OCH3 is 1. The molecule has 0 N–H and O–H groups in total. The van der Waals surface area contributed by atoms with E-state index in [2.05, 4.69) is 6.07 Å². The molecular formula is C17H19NO2. The average Bonchev–Trinajstić information content (AvgIpc) is 2.94. The Morgan fingerprint density at radius 3 is 2.70 bits per heavy atom. The van der Waals surface area contributed by atoms with Gasteiger partial charge in [-0.15, -0.1) is 0 Å². The van der Waals surface area contributed by atoms with E-state index in [4.69, 9.17) is 4.74 Å². The molecule has 3 rings (SSSR count). The van der Waals surface area contributed by atoms with Crippen molar-refractivity contribution >= 4 is 5.78 Å². The molecule has 1 aromatic carbocycles. The van der Waals surface area contributed by atoms with Crippen LogP contribution in [0, 0.1) is 36.0 Å². The van der Waals surface area contributed by atoms with Crippen LogP contribution in [0.3, 0.4) is 0 Å². The van der Waals surface area contributed by atoms with E-state index in [-0.39, 0.29) is 11.7 Å². The Balaban J connectivity index is 1.83. The number of Topliss-reactive ketones (excluding diaryl/α,β-unsaturated/α-hetero) is 1. The zero-order chi connectivity index (χ0) is 14.3. The minimum Gasteiger partial charge on any atom is -0.496 e. The molecule has 0 aromatic heterocycles. The molecule has 0 radical (unpaired) electrons. The van der Waals surface area contributed by atoms with E-state index in [0.29, 0.717) is 11.8 Å². The number of fused-ring (bicyclic) bond motifs is 1.